The number of nitrogens with zero attached hydrogens (tertiary/aromatic N) is 6. The number of anilines is 3. The van der Waals surface area contributed by atoms with Crippen molar-refractivity contribution in [2.75, 3.05) is 93.8 Å². The molecule has 3 saturated heterocycles. The van der Waals surface area contributed by atoms with E-state index >= 15 is 0 Å². The number of carbonyl (C=O) groups excluding carboxylic acids is 2. The van der Waals surface area contributed by atoms with Crippen LogP contribution in [0, 0.1) is 0 Å². The molecule has 3 aliphatic rings. The Bertz CT molecular complexity index is 1010. The average molecular weight is 487 g/mol. The molecule has 0 radical (unpaired) electrons. The van der Waals surface area contributed by atoms with E-state index in [2.05, 4.69) is 30.4 Å². The number of aromatic nitrogens is 2. The summed E-state index contributed by atoms with van der Waals surface area (Å²) in [5, 5.41) is 8.55. The number of ether oxygens (including phenoxy) is 1. The van der Waals surface area contributed by atoms with Crippen molar-refractivity contribution in [1.29, 1.82) is 0 Å². The number of rotatable bonds is 7. The minimum Gasteiger partial charge on any atom is -0.379 e. The summed E-state index contributed by atoms with van der Waals surface area (Å²) in [5.74, 6) is -0.303. The topological polar surface area (TPSA) is 106 Å². The summed E-state index contributed by atoms with van der Waals surface area (Å²) in [5.41, 5.74) is 1.91. The smallest absolute Gasteiger partial charge is 0.326 e. The number of thiazole rings is 1. The van der Waals surface area contributed by atoms with Gasteiger partial charge in [-0.3, -0.25) is 19.6 Å². The number of morpholine rings is 1. The van der Waals surface area contributed by atoms with Crippen molar-refractivity contribution in [1.82, 2.24) is 25.1 Å². The molecule has 0 bridgehead atoms. The normalized spacial score (nSPS) is 19.6. The first-order valence-electron chi connectivity index (χ1n) is 11.7. The molecular formula is C22H30N8O3S. The monoisotopic (exact) mass is 486 g/mol. The molecule has 5 rings (SSSR count). The molecule has 0 unspecified atom stereocenters. The Morgan fingerprint density at radius 1 is 1.12 bits per heavy atom. The summed E-state index contributed by atoms with van der Waals surface area (Å²) >= 11 is 1.32. The van der Waals surface area contributed by atoms with Crippen molar-refractivity contribution in [3.63, 3.8) is 0 Å². The molecule has 11 nitrogen and oxygen atoms in total. The second-order valence-corrected chi connectivity index (χ2v) is 9.31. The minimum atomic E-state index is -0.303. The van der Waals surface area contributed by atoms with Crippen LogP contribution in [-0.2, 0) is 4.74 Å². The van der Waals surface area contributed by atoms with E-state index in [4.69, 9.17) is 4.74 Å². The van der Waals surface area contributed by atoms with Gasteiger partial charge in [0.15, 0.2) is 5.13 Å². The minimum absolute atomic E-state index is 0.0529. The van der Waals surface area contributed by atoms with Gasteiger partial charge in [-0.25, -0.2) is 9.78 Å². The number of carbonyl (C=O) groups is 2. The van der Waals surface area contributed by atoms with Gasteiger partial charge in [0.2, 0.25) is 0 Å². The lowest BCUT2D eigenvalue weighted by molar-refractivity contribution is 0.0356. The second-order valence-electron chi connectivity index (χ2n) is 8.47. The predicted molar refractivity (Wildman–Crippen MR) is 131 cm³/mol. The fourth-order valence-electron chi connectivity index (χ4n) is 4.40. The highest BCUT2D eigenvalue weighted by Gasteiger charge is 2.32. The number of nitrogens with one attached hydrogen (secondary N) is 2. The van der Waals surface area contributed by atoms with Crippen LogP contribution in [0.3, 0.4) is 0 Å². The molecule has 12 heteroatoms. The van der Waals surface area contributed by atoms with Crippen LogP contribution in [0.4, 0.5) is 21.3 Å². The highest BCUT2D eigenvalue weighted by molar-refractivity contribution is 7.14. The molecule has 2 aromatic rings. The maximum absolute atomic E-state index is 12.9. The van der Waals surface area contributed by atoms with Gasteiger partial charge in [0.1, 0.15) is 5.69 Å². The van der Waals surface area contributed by atoms with Gasteiger partial charge in [0.25, 0.3) is 5.91 Å². The molecule has 34 heavy (non-hydrogen) atoms. The van der Waals surface area contributed by atoms with Gasteiger partial charge in [0.05, 0.1) is 30.8 Å². The lowest BCUT2D eigenvalue weighted by atomic mass is 10.2. The Labute approximate surface area is 202 Å². The molecule has 3 aliphatic heterocycles. The Morgan fingerprint density at radius 2 is 1.94 bits per heavy atom. The molecular weight excluding hydrogens is 456 g/mol. The van der Waals surface area contributed by atoms with E-state index in [0.29, 0.717) is 36.1 Å². The Hall–Kier alpha value is -2.80. The van der Waals surface area contributed by atoms with Gasteiger partial charge in [-0.2, -0.15) is 0 Å². The van der Waals surface area contributed by atoms with Crippen LogP contribution in [0.1, 0.15) is 10.5 Å². The fourth-order valence-corrected chi connectivity index (χ4v) is 5.22. The summed E-state index contributed by atoms with van der Waals surface area (Å²) in [6.45, 7) is 9.61. The van der Waals surface area contributed by atoms with E-state index in [-0.39, 0.29) is 11.9 Å². The van der Waals surface area contributed by atoms with Crippen molar-refractivity contribution in [2.45, 2.75) is 0 Å². The van der Waals surface area contributed by atoms with Crippen LogP contribution >= 0.6 is 11.3 Å². The molecule has 3 fully saturated rings. The number of amides is 3. The molecule has 182 valence electrons. The first-order valence-corrected chi connectivity index (χ1v) is 12.6. The molecule has 2 N–H and O–H groups in total. The average Bonchev–Trinajstić information content (AvgIpc) is 3.51. The van der Waals surface area contributed by atoms with Gasteiger partial charge in [0, 0.05) is 77.0 Å². The van der Waals surface area contributed by atoms with Crippen molar-refractivity contribution >= 4 is 39.8 Å². The lowest BCUT2D eigenvalue weighted by Crippen LogP contribution is -2.43. The number of hydrogen-bond acceptors (Lipinski definition) is 9. The van der Waals surface area contributed by atoms with Gasteiger partial charge in [-0.1, -0.05) is 0 Å². The first-order chi connectivity index (χ1) is 16.7. The molecule has 0 aliphatic carbocycles. The van der Waals surface area contributed by atoms with Crippen LogP contribution in [-0.4, -0.2) is 110 Å². The molecule has 0 aromatic carbocycles. The number of hydrogen-bond donors (Lipinski definition) is 2. The maximum Gasteiger partial charge on any atom is 0.326 e. The van der Waals surface area contributed by atoms with Gasteiger partial charge >= 0.3 is 6.03 Å². The summed E-state index contributed by atoms with van der Waals surface area (Å²) in [7, 11) is 0. The fraction of sp³-hybridized carbons (Fsp3) is 0.545. The van der Waals surface area contributed by atoms with Crippen molar-refractivity contribution < 1.29 is 14.3 Å². The third-order valence-electron chi connectivity index (χ3n) is 6.34. The summed E-state index contributed by atoms with van der Waals surface area (Å²) in [4.78, 5) is 42.6. The quantitative estimate of drug-likeness (QED) is 0.591. The summed E-state index contributed by atoms with van der Waals surface area (Å²) in [6, 6.07) is 1.87. The highest BCUT2D eigenvalue weighted by Crippen LogP contribution is 2.28. The number of piperazine rings is 1. The van der Waals surface area contributed by atoms with Gasteiger partial charge in [-0.15, -0.1) is 11.3 Å². The van der Waals surface area contributed by atoms with Crippen molar-refractivity contribution in [3.8, 4) is 0 Å². The van der Waals surface area contributed by atoms with Crippen LogP contribution < -0.4 is 20.4 Å². The largest absolute Gasteiger partial charge is 0.379 e. The van der Waals surface area contributed by atoms with Gasteiger partial charge < -0.3 is 25.2 Å². The molecule has 3 amide bonds. The number of pyridine rings is 1. The molecule has 0 spiro atoms. The molecule has 2 aromatic heterocycles. The van der Waals surface area contributed by atoms with E-state index < -0.39 is 0 Å². The van der Waals surface area contributed by atoms with E-state index in [9.17, 15) is 9.59 Å². The van der Waals surface area contributed by atoms with Crippen LogP contribution in [0.2, 0.25) is 0 Å². The zero-order chi connectivity index (χ0) is 23.3. The van der Waals surface area contributed by atoms with Crippen LogP contribution in [0.5, 0.6) is 0 Å². The van der Waals surface area contributed by atoms with E-state index in [0.717, 1.165) is 64.7 Å². The Kier molecular flexibility index (Phi) is 7.19. The maximum atomic E-state index is 12.9. The SMILES string of the molecule is O=C(Nc1cnccc1N1CCNCC1)c1csc(N2CCN(CCN3CCOCC3)C2=O)n1. The summed E-state index contributed by atoms with van der Waals surface area (Å²) < 4.78 is 5.39. The van der Waals surface area contributed by atoms with Crippen molar-refractivity contribution in [2.24, 2.45) is 0 Å². The summed E-state index contributed by atoms with van der Waals surface area (Å²) in [6.07, 6.45) is 3.40. The first kappa shape index (κ1) is 23.0. The third-order valence-corrected chi connectivity index (χ3v) is 7.21. The molecule has 0 atom stereocenters. The highest BCUT2D eigenvalue weighted by atomic mass is 32.1. The van der Waals surface area contributed by atoms with Crippen LogP contribution in [0.25, 0.3) is 0 Å². The number of urea groups is 1. The standard InChI is InChI=1S/C22H30N8O3S/c31-20(25-17-15-24-2-1-19(17)28-5-3-23-4-6-28)18-16-34-21(26-18)30-10-9-29(22(30)32)8-7-27-11-13-33-14-12-27/h1-2,15-16,23H,3-14H2,(H,25,31). The van der Waals surface area contributed by atoms with E-state index in [1.165, 1.54) is 11.3 Å². The lowest BCUT2D eigenvalue weighted by Gasteiger charge is -2.30. The predicted octanol–water partition coefficient (Wildman–Crippen LogP) is 0.774. The second kappa shape index (κ2) is 10.6. The van der Waals surface area contributed by atoms with E-state index in [1.54, 1.807) is 22.7 Å². The molecule has 0 saturated carbocycles. The zero-order valence-electron chi connectivity index (χ0n) is 19.1. The molecule has 5 heterocycles. The van der Waals surface area contributed by atoms with E-state index in [1.807, 2.05) is 11.0 Å². The van der Waals surface area contributed by atoms with Crippen LogP contribution in [0.15, 0.2) is 23.8 Å². The van der Waals surface area contributed by atoms with Gasteiger partial charge in [-0.05, 0) is 6.07 Å². The zero-order valence-corrected chi connectivity index (χ0v) is 19.9. The Morgan fingerprint density at radius 3 is 2.76 bits per heavy atom. The van der Waals surface area contributed by atoms with Crippen molar-refractivity contribution in [3.05, 3.63) is 29.5 Å². The third kappa shape index (κ3) is 5.14. The Balaban J connectivity index is 1.20.